The van der Waals surface area contributed by atoms with Gasteiger partial charge in [0.15, 0.2) is 5.78 Å². The van der Waals surface area contributed by atoms with Gasteiger partial charge in [-0.3, -0.25) is 9.59 Å². The number of hydrogen-bond donors (Lipinski definition) is 2. The predicted molar refractivity (Wildman–Crippen MR) is 125 cm³/mol. The zero-order valence-electron chi connectivity index (χ0n) is 16.6. The highest BCUT2D eigenvalue weighted by Gasteiger charge is 2.29. The number of nitrogen functional groups attached to an aromatic ring is 1. The molecule has 0 atom stereocenters. The van der Waals surface area contributed by atoms with Crippen molar-refractivity contribution in [2.75, 3.05) is 5.73 Å². The summed E-state index contributed by atoms with van der Waals surface area (Å²) in [7, 11) is 0. The van der Waals surface area contributed by atoms with Gasteiger partial charge in [0.1, 0.15) is 5.82 Å². The lowest BCUT2D eigenvalue weighted by atomic mass is 9.92. The van der Waals surface area contributed by atoms with Gasteiger partial charge in [0.25, 0.3) is 0 Å². The van der Waals surface area contributed by atoms with Crippen LogP contribution in [-0.4, -0.2) is 16.6 Å². The van der Waals surface area contributed by atoms with Crippen molar-refractivity contribution in [1.82, 2.24) is 4.98 Å². The smallest absolute Gasteiger partial charge is 0.209 e. The van der Waals surface area contributed by atoms with E-state index in [1.807, 2.05) is 19.1 Å². The summed E-state index contributed by atoms with van der Waals surface area (Å²) >= 11 is 12.6. The van der Waals surface area contributed by atoms with E-state index in [0.29, 0.717) is 32.3 Å². The van der Waals surface area contributed by atoms with Gasteiger partial charge in [0.2, 0.25) is 5.78 Å². The number of carbonyl (C=O) groups is 2. The van der Waals surface area contributed by atoms with E-state index in [0.717, 1.165) is 5.56 Å². The summed E-state index contributed by atoms with van der Waals surface area (Å²) < 4.78 is 0. The first kappa shape index (κ1) is 20.9. The van der Waals surface area contributed by atoms with Crippen molar-refractivity contribution in [2.45, 2.75) is 6.92 Å². The van der Waals surface area contributed by atoms with Gasteiger partial charge in [-0.1, -0.05) is 83.4 Å². The average Bonchev–Trinajstić information content (AvgIpc) is 3.10. The second-order valence-corrected chi connectivity index (χ2v) is 8.03. The number of aromatic amines is 1. The van der Waals surface area contributed by atoms with Crippen LogP contribution >= 0.6 is 23.2 Å². The molecule has 0 spiro atoms. The van der Waals surface area contributed by atoms with E-state index in [1.54, 1.807) is 60.7 Å². The molecule has 0 fully saturated rings. The quantitative estimate of drug-likeness (QED) is 0.349. The van der Waals surface area contributed by atoms with Crippen molar-refractivity contribution < 1.29 is 9.59 Å². The third-order valence-corrected chi connectivity index (χ3v) is 5.55. The highest BCUT2D eigenvalue weighted by atomic mass is 35.5. The van der Waals surface area contributed by atoms with Gasteiger partial charge in [-0.05, 0) is 25.1 Å². The van der Waals surface area contributed by atoms with E-state index in [1.165, 1.54) is 0 Å². The number of hydrogen-bond acceptors (Lipinski definition) is 3. The largest absolute Gasteiger partial charge is 0.385 e. The minimum Gasteiger partial charge on any atom is -0.385 e. The second-order valence-electron chi connectivity index (χ2n) is 7.18. The Bertz CT molecular complexity index is 1310. The number of aromatic nitrogens is 1. The third-order valence-electron chi connectivity index (χ3n) is 5.00. The van der Waals surface area contributed by atoms with Gasteiger partial charge >= 0.3 is 0 Å². The van der Waals surface area contributed by atoms with Crippen LogP contribution in [0.5, 0.6) is 0 Å². The standard InChI is InChI=1S/C25H18Cl2N2O2/c1-14-6-5-9-16(12-14)23(30)21-20(18-11-10-17(26)13-19(18)27)22(29-25(21)28)24(31)15-7-3-2-4-8-15/h2-13,29H,28H2,1H3. The SMILES string of the molecule is Cc1cccc(C(=O)c2c(N)[nH]c(C(=O)c3ccccc3)c2-c2ccc(Cl)cc2Cl)c1. The van der Waals surface area contributed by atoms with Crippen molar-refractivity contribution in [3.05, 3.63) is 111 Å². The lowest BCUT2D eigenvalue weighted by Crippen LogP contribution is -2.07. The van der Waals surface area contributed by atoms with Crippen LogP contribution in [0, 0.1) is 6.92 Å². The Morgan fingerprint density at radius 2 is 1.55 bits per heavy atom. The zero-order chi connectivity index (χ0) is 22.1. The summed E-state index contributed by atoms with van der Waals surface area (Å²) in [5.41, 5.74) is 9.38. The Morgan fingerprint density at radius 1 is 0.839 bits per heavy atom. The van der Waals surface area contributed by atoms with E-state index in [4.69, 9.17) is 28.9 Å². The number of nitrogens with one attached hydrogen (secondary N) is 1. The number of H-pyrrole nitrogens is 1. The van der Waals surface area contributed by atoms with Crippen LogP contribution in [0.1, 0.15) is 37.5 Å². The molecule has 0 saturated carbocycles. The van der Waals surface area contributed by atoms with E-state index >= 15 is 0 Å². The number of nitrogens with two attached hydrogens (primary N) is 1. The third kappa shape index (κ3) is 4.00. The molecule has 1 aromatic heterocycles. The van der Waals surface area contributed by atoms with E-state index in [-0.39, 0.29) is 28.6 Å². The van der Waals surface area contributed by atoms with Crippen LogP contribution in [0.4, 0.5) is 5.82 Å². The molecule has 0 aliphatic rings. The Labute approximate surface area is 189 Å². The topological polar surface area (TPSA) is 76.0 Å². The number of aryl methyl sites for hydroxylation is 1. The minimum absolute atomic E-state index is 0.104. The first-order chi connectivity index (χ1) is 14.9. The van der Waals surface area contributed by atoms with Crippen molar-refractivity contribution >= 4 is 40.6 Å². The molecule has 4 rings (SSSR count). The van der Waals surface area contributed by atoms with Crippen LogP contribution < -0.4 is 5.73 Å². The maximum absolute atomic E-state index is 13.5. The highest BCUT2D eigenvalue weighted by molar-refractivity contribution is 6.37. The zero-order valence-corrected chi connectivity index (χ0v) is 18.1. The summed E-state index contributed by atoms with van der Waals surface area (Å²) in [6.07, 6.45) is 0. The number of ketones is 2. The predicted octanol–water partition coefficient (Wildman–Crippen LogP) is 6.34. The summed E-state index contributed by atoms with van der Waals surface area (Å²) in [5.74, 6) is -0.492. The molecule has 31 heavy (non-hydrogen) atoms. The number of halogens is 2. The molecule has 6 heteroatoms. The van der Waals surface area contributed by atoms with Crippen molar-refractivity contribution in [1.29, 1.82) is 0 Å². The van der Waals surface area contributed by atoms with Crippen molar-refractivity contribution in [3.8, 4) is 11.1 Å². The molecule has 3 aromatic carbocycles. The molecule has 0 amide bonds. The van der Waals surface area contributed by atoms with E-state index in [2.05, 4.69) is 4.98 Å². The Morgan fingerprint density at radius 3 is 2.23 bits per heavy atom. The van der Waals surface area contributed by atoms with Gasteiger partial charge < -0.3 is 10.7 Å². The van der Waals surface area contributed by atoms with Crippen LogP contribution in [0.15, 0.2) is 72.8 Å². The van der Waals surface area contributed by atoms with Crippen molar-refractivity contribution in [2.24, 2.45) is 0 Å². The van der Waals surface area contributed by atoms with E-state index < -0.39 is 0 Å². The molecule has 4 nitrogen and oxygen atoms in total. The Kier molecular flexibility index (Phi) is 5.68. The Hall–Kier alpha value is -3.34. The number of anilines is 1. The first-order valence-corrected chi connectivity index (χ1v) is 10.3. The fourth-order valence-corrected chi connectivity index (χ4v) is 4.05. The number of benzene rings is 3. The summed E-state index contributed by atoms with van der Waals surface area (Å²) in [6, 6.07) is 20.9. The summed E-state index contributed by atoms with van der Waals surface area (Å²) in [4.78, 5) is 29.7. The molecule has 0 radical (unpaired) electrons. The van der Waals surface area contributed by atoms with Crippen molar-refractivity contribution in [3.63, 3.8) is 0 Å². The van der Waals surface area contributed by atoms with Gasteiger partial charge in [-0.25, -0.2) is 0 Å². The average molecular weight is 449 g/mol. The van der Waals surface area contributed by atoms with Crippen LogP contribution in [-0.2, 0) is 0 Å². The van der Waals surface area contributed by atoms with E-state index in [9.17, 15) is 9.59 Å². The lowest BCUT2D eigenvalue weighted by molar-refractivity contribution is 0.103. The maximum Gasteiger partial charge on any atom is 0.209 e. The molecular formula is C25H18Cl2N2O2. The monoisotopic (exact) mass is 448 g/mol. The highest BCUT2D eigenvalue weighted by Crippen LogP contribution is 2.39. The molecule has 0 aliphatic heterocycles. The molecule has 0 saturated heterocycles. The summed E-state index contributed by atoms with van der Waals surface area (Å²) in [5, 5.41) is 0.756. The van der Waals surface area contributed by atoms with Crippen LogP contribution in [0.25, 0.3) is 11.1 Å². The van der Waals surface area contributed by atoms with Gasteiger partial charge in [0, 0.05) is 32.3 Å². The maximum atomic E-state index is 13.5. The molecule has 0 aliphatic carbocycles. The fraction of sp³-hybridized carbons (Fsp3) is 0.0400. The molecule has 154 valence electrons. The number of rotatable bonds is 5. The lowest BCUT2D eigenvalue weighted by Gasteiger charge is -2.10. The van der Waals surface area contributed by atoms with Crippen LogP contribution in [0.2, 0.25) is 10.0 Å². The summed E-state index contributed by atoms with van der Waals surface area (Å²) in [6.45, 7) is 1.90. The second kappa shape index (κ2) is 8.42. The molecule has 0 unspecified atom stereocenters. The van der Waals surface area contributed by atoms with Gasteiger partial charge in [-0.2, -0.15) is 0 Å². The van der Waals surface area contributed by atoms with Gasteiger partial charge in [0.05, 0.1) is 11.3 Å². The van der Waals surface area contributed by atoms with Crippen LogP contribution in [0.3, 0.4) is 0 Å². The first-order valence-electron chi connectivity index (χ1n) is 9.54. The molecular weight excluding hydrogens is 431 g/mol. The minimum atomic E-state index is -0.300. The Balaban J connectivity index is 1.98. The number of carbonyl (C=O) groups excluding carboxylic acids is 2. The molecule has 0 bridgehead atoms. The molecule has 1 heterocycles. The molecule has 4 aromatic rings. The molecule has 3 N–H and O–H groups in total. The normalized spacial score (nSPS) is 10.8. The fourth-order valence-electron chi connectivity index (χ4n) is 3.55. The van der Waals surface area contributed by atoms with Gasteiger partial charge in [-0.15, -0.1) is 0 Å².